The summed E-state index contributed by atoms with van der Waals surface area (Å²) in [7, 11) is 1.80. The molecule has 0 saturated heterocycles. The summed E-state index contributed by atoms with van der Waals surface area (Å²) in [6.45, 7) is 0. The predicted molar refractivity (Wildman–Crippen MR) is 71.1 cm³/mol. The maximum atomic E-state index is 12.2. The van der Waals surface area contributed by atoms with E-state index in [-0.39, 0.29) is 11.9 Å². The van der Waals surface area contributed by atoms with Gasteiger partial charge in [-0.15, -0.1) is 0 Å². The number of nitrogens with one attached hydrogen (secondary N) is 2. The van der Waals surface area contributed by atoms with Crippen LogP contribution in [0.3, 0.4) is 0 Å². The molecule has 4 nitrogen and oxygen atoms in total. The number of aromatic nitrogens is 1. The molecule has 0 aromatic carbocycles. The smallest absolute Gasteiger partial charge is 0.242 e. The van der Waals surface area contributed by atoms with E-state index >= 15 is 0 Å². The van der Waals surface area contributed by atoms with Gasteiger partial charge in [-0.2, -0.15) is 0 Å². The van der Waals surface area contributed by atoms with Crippen molar-refractivity contribution in [2.45, 2.75) is 44.2 Å². The molecule has 0 unspecified atom stereocenters. The van der Waals surface area contributed by atoms with Crippen molar-refractivity contribution in [1.82, 2.24) is 15.6 Å². The number of pyridine rings is 1. The molecular weight excluding hydrogens is 226 g/mol. The molecule has 1 heterocycles. The molecule has 0 aliphatic heterocycles. The van der Waals surface area contributed by atoms with Gasteiger partial charge in [0.2, 0.25) is 5.91 Å². The highest BCUT2D eigenvalue weighted by molar-refractivity contribution is 5.83. The number of hydrogen-bond acceptors (Lipinski definition) is 3. The van der Waals surface area contributed by atoms with Gasteiger partial charge in [-0.1, -0.05) is 25.3 Å². The molecule has 2 rings (SSSR count). The molecule has 18 heavy (non-hydrogen) atoms. The van der Waals surface area contributed by atoms with Gasteiger partial charge in [0.15, 0.2) is 0 Å². The Morgan fingerprint density at radius 2 is 2.17 bits per heavy atom. The third kappa shape index (κ3) is 3.29. The number of rotatable bonds is 4. The molecule has 0 bridgehead atoms. The van der Waals surface area contributed by atoms with Gasteiger partial charge in [0.25, 0.3) is 0 Å². The van der Waals surface area contributed by atoms with Crippen molar-refractivity contribution in [2.24, 2.45) is 0 Å². The van der Waals surface area contributed by atoms with E-state index in [1.165, 1.54) is 19.3 Å². The second-order valence-corrected chi connectivity index (χ2v) is 4.85. The first-order chi connectivity index (χ1) is 8.81. The van der Waals surface area contributed by atoms with Crippen LogP contribution in [-0.2, 0) is 4.79 Å². The Morgan fingerprint density at radius 3 is 2.78 bits per heavy atom. The lowest BCUT2D eigenvalue weighted by Gasteiger charge is -2.25. The molecule has 1 saturated carbocycles. The summed E-state index contributed by atoms with van der Waals surface area (Å²) in [6.07, 6.45) is 9.41. The molecule has 1 aliphatic carbocycles. The number of amides is 1. The standard InChI is InChI=1S/C14H21N3O/c1-15-13(11-6-5-9-16-10-11)14(18)17-12-7-3-2-4-8-12/h5-6,9-10,12-13,15H,2-4,7-8H2,1H3,(H,17,18)/t13-/m0/s1. The van der Waals surface area contributed by atoms with E-state index in [4.69, 9.17) is 0 Å². The average molecular weight is 247 g/mol. The van der Waals surface area contributed by atoms with E-state index in [0.717, 1.165) is 18.4 Å². The highest BCUT2D eigenvalue weighted by Crippen LogP contribution is 2.19. The summed E-state index contributed by atoms with van der Waals surface area (Å²) in [5, 5.41) is 6.19. The Bertz CT molecular complexity index is 374. The lowest BCUT2D eigenvalue weighted by atomic mass is 9.95. The molecule has 98 valence electrons. The number of hydrogen-bond donors (Lipinski definition) is 2. The van der Waals surface area contributed by atoms with Crippen molar-refractivity contribution in [3.63, 3.8) is 0 Å². The topological polar surface area (TPSA) is 54.0 Å². The Kier molecular flexibility index (Phi) is 4.70. The summed E-state index contributed by atoms with van der Waals surface area (Å²) < 4.78 is 0. The fourth-order valence-corrected chi connectivity index (χ4v) is 2.53. The molecule has 1 aromatic rings. The molecule has 1 amide bonds. The van der Waals surface area contributed by atoms with Crippen LogP contribution in [0, 0.1) is 0 Å². The highest BCUT2D eigenvalue weighted by atomic mass is 16.2. The summed E-state index contributed by atoms with van der Waals surface area (Å²) in [5.74, 6) is 0.0531. The lowest BCUT2D eigenvalue weighted by molar-refractivity contribution is -0.124. The highest BCUT2D eigenvalue weighted by Gasteiger charge is 2.22. The van der Waals surface area contributed by atoms with Crippen LogP contribution in [0.1, 0.15) is 43.7 Å². The van der Waals surface area contributed by atoms with Crippen molar-refractivity contribution in [3.8, 4) is 0 Å². The SMILES string of the molecule is CN[C@H](C(=O)NC1CCCCC1)c1cccnc1. The van der Waals surface area contributed by atoms with E-state index in [1.54, 1.807) is 19.4 Å². The first-order valence-corrected chi connectivity index (χ1v) is 6.69. The quantitative estimate of drug-likeness (QED) is 0.853. The van der Waals surface area contributed by atoms with Crippen molar-refractivity contribution >= 4 is 5.91 Å². The van der Waals surface area contributed by atoms with Crippen LogP contribution in [0.5, 0.6) is 0 Å². The van der Waals surface area contributed by atoms with Crippen LogP contribution < -0.4 is 10.6 Å². The molecule has 0 spiro atoms. The second kappa shape index (κ2) is 6.50. The lowest BCUT2D eigenvalue weighted by Crippen LogP contribution is -2.42. The van der Waals surface area contributed by atoms with Gasteiger partial charge in [0.05, 0.1) is 0 Å². The zero-order valence-corrected chi connectivity index (χ0v) is 10.9. The molecule has 2 N–H and O–H groups in total. The summed E-state index contributed by atoms with van der Waals surface area (Å²) in [4.78, 5) is 16.3. The fourth-order valence-electron chi connectivity index (χ4n) is 2.53. The van der Waals surface area contributed by atoms with Crippen LogP contribution in [0.15, 0.2) is 24.5 Å². The first kappa shape index (κ1) is 13.0. The zero-order valence-electron chi connectivity index (χ0n) is 10.9. The van der Waals surface area contributed by atoms with E-state index in [0.29, 0.717) is 6.04 Å². The monoisotopic (exact) mass is 247 g/mol. The van der Waals surface area contributed by atoms with E-state index in [1.807, 2.05) is 12.1 Å². The third-order valence-corrected chi connectivity index (χ3v) is 3.52. The maximum Gasteiger partial charge on any atom is 0.242 e. The van der Waals surface area contributed by atoms with Gasteiger partial charge >= 0.3 is 0 Å². The van der Waals surface area contributed by atoms with Crippen LogP contribution in [0.25, 0.3) is 0 Å². The summed E-state index contributed by atoms with van der Waals surface area (Å²) in [6, 6.07) is 3.82. The minimum Gasteiger partial charge on any atom is -0.352 e. The number of carbonyl (C=O) groups is 1. The molecule has 1 aromatic heterocycles. The van der Waals surface area contributed by atoms with Gasteiger partial charge in [-0.05, 0) is 31.5 Å². The maximum absolute atomic E-state index is 12.2. The normalized spacial score (nSPS) is 18.3. The molecule has 1 atom stereocenters. The van der Waals surface area contributed by atoms with Crippen molar-refractivity contribution in [3.05, 3.63) is 30.1 Å². The number of likely N-dealkylation sites (N-methyl/N-ethyl adjacent to an activating group) is 1. The molecule has 1 fully saturated rings. The van der Waals surface area contributed by atoms with Gasteiger partial charge < -0.3 is 10.6 Å². The van der Waals surface area contributed by atoms with E-state index < -0.39 is 0 Å². The summed E-state index contributed by atoms with van der Waals surface area (Å²) >= 11 is 0. The molecule has 4 heteroatoms. The largest absolute Gasteiger partial charge is 0.352 e. The number of nitrogens with zero attached hydrogens (tertiary/aromatic N) is 1. The minimum atomic E-state index is -0.305. The Balaban J connectivity index is 1.97. The van der Waals surface area contributed by atoms with Crippen LogP contribution in [0.2, 0.25) is 0 Å². The average Bonchev–Trinajstić information content (AvgIpc) is 2.42. The van der Waals surface area contributed by atoms with Crippen molar-refractivity contribution < 1.29 is 4.79 Å². The first-order valence-electron chi connectivity index (χ1n) is 6.69. The van der Waals surface area contributed by atoms with E-state index in [2.05, 4.69) is 15.6 Å². The predicted octanol–water partition coefficient (Wildman–Crippen LogP) is 1.79. The van der Waals surface area contributed by atoms with E-state index in [9.17, 15) is 4.79 Å². The Hall–Kier alpha value is -1.42. The third-order valence-electron chi connectivity index (χ3n) is 3.52. The minimum absolute atomic E-state index is 0.0531. The van der Waals surface area contributed by atoms with Gasteiger partial charge in [0.1, 0.15) is 6.04 Å². The zero-order chi connectivity index (χ0) is 12.8. The van der Waals surface area contributed by atoms with Crippen molar-refractivity contribution in [2.75, 3.05) is 7.05 Å². The molecule has 0 radical (unpaired) electrons. The molecular formula is C14H21N3O. The summed E-state index contributed by atoms with van der Waals surface area (Å²) in [5.41, 5.74) is 0.910. The number of carbonyl (C=O) groups excluding carboxylic acids is 1. The Morgan fingerprint density at radius 1 is 1.39 bits per heavy atom. The van der Waals surface area contributed by atoms with Gasteiger partial charge in [-0.3, -0.25) is 9.78 Å². The van der Waals surface area contributed by atoms with Crippen LogP contribution in [-0.4, -0.2) is 24.0 Å². The van der Waals surface area contributed by atoms with Crippen molar-refractivity contribution in [1.29, 1.82) is 0 Å². The van der Waals surface area contributed by atoms with Crippen LogP contribution in [0.4, 0.5) is 0 Å². The van der Waals surface area contributed by atoms with Gasteiger partial charge in [-0.25, -0.2) is 0 Å². The molecule has 1 aliphatic rings. The Labute approximate surface area is 108 Å². The van der Waals surface area contributed by atoms with Gasteiger partial charge in [0, 0.05) is 18.4 Å². The van der Waals surface area contributed by atoms with Crippen LogP contribution >= 0.6 is 0 Å². The fraction of sp³-hybridized carbons (Fsp3) is 0.571. The second-order valence-electron chi connectivity index (χ2n) is 4.85.